The van der Waals surface area contributed by atoms with E-state index in [4.69, 9.17) is 9.72 Å². The predicted octanol–water partition coefficient (Wildman–Crippen LogP) is 3.31. The molecule has 1 unspecified atom stereocenters. The summed E-state index contributed by atoms with van der Waals surface area (Å²) < 4.78 is 7.80. The van der Waals surface area contributed by atoms with E-state index in [1.807, 2.05) is 6.20 Å². The molecule has 0 fully saturated rings. The molecule has 2 aromatic rings. The van der Waals surface area contributed by atoms with Gasteiger partial charge >= 0.3 is 0 Å². The summed E-state index contributed by atoms with van der Waals surface area (Å²) in [6, 6.07) is 6.59. The van der Waals surface area contributed by atoms with Gasteiger partial charge in [0.15, 0.2) is 0 Å². The molecule has 2 heterocycles. The first-order chi connectivity index (χ1) is 9.83. The molecule has 1 atom stereocenters. The fourth-order valence-electron chi connectivity index (χ4n) is 4.12. The molecule has 20 heavy (non-hydrogen) atoms. The summed E-state index contributed by atoms with van der Waals surface area (Å²) in [5.41, 5.74) is 3.05. The number of ether oxygens (including phenoxy) is 1. The van der Waals surface area contributed by atoms with Gasteiger partial charge in [0.1, 0.15) is 11.6 Å². The van der Waals surface area contributed by atoms with Crippen molar-refractivity contribution >= 4 is 0 Å². The molecule has 2 aliphatic rings. The van der Waals surface area contributed by atoms with E-state index in [0.29, 0.717) is 0 Å². The molecule has 1 aromatic heterocycles. The van der Waals surface area contributed by atoms with Gasteiger partial charge in [-0.25, -0.2) is 4.98 Å². The van der Waals surface area contributed by atoms with Crippen LogP contribution in [0.25, 0.3) is 0 Å². The highest BCUT2D eigenvalue weighted by molar-refractivity contribution is 5.46. The number of benzene rings is 1. The third-order valence-corrected chi connectivity index (χ3v) is 5.03. The lowest BCUT2D eigenvalue weighted by atomic mass is 9.65. The van der Waals surface area contributed by atoms with Crippen molar-refractivity contribution in [3.8, 4) is 5.75 Å². The number of aryl methyl sites for hydroxylation is 2. The molecule has 0 radical (unpaired) electrons. The van der Waals surface area contributed by atoms with Gasteiger partial charge in [-0.2, -0.15) is 0 Å². The number of hydrogen-bond acceptors (Lipinski definition) is 2. The summed E-state index contributed by atoms with van der Waals surface area (Å²) in [6.45, 7) is 1.11. The van der Waals surface area contributed by atoms with Crippen LogP contribution in [-0.4, -0.2) is 16.7 Å². The SMILES string of the molecule is COc1ccc2c(c1)C1(CCC2)CCCn2ccnc21. The van der Waals surface area contributed by atoms with Gasteiger partial charge in [0.25, 0.3) is 0 Å². The minimum Gasteiger partial charge on any atom is -0.497 e. The number of imidazole rings is 1. The van der Waals surface area contributed by atoms with Crippen molar-refractivity contribution in [3.63, 3.8) is 0 Å². The van der Waals surface area contributed by atoms with Crippen molar-refractivity contribution < 1.29 is 4.74 Å². The molecular formula is C17H20N2O. The maximum absolute atomic E-state index is 5.46. The number of aromatic nitrogens is 2. The first kappa shape index (κ1) is 12.0. The van der Waals surface area contributed by atoms with Gasteiger partial charge in [-0.1, -0.05) is 6.07 Å². The lowest BCUT2D eigenvalue weighted by Crippen LogP contribution is -2.38. The van der Waals surface area contributed by atoms with Crippen LogP contribution in [0.3, 0.4) is 0 Å². The monoisotopic (exact) mass is 268 g/mol. The fraction of sp³-hybridized carbons (Fsp3) is 0.471. The Kier molecular flexibility index (Phi) is 2.62. The summed E-state index contributed by atoms with van der Waals surface area (Å²) in [4.78, 5) is 4.71. The highest BCUT2D eigenvalue weighted by Crippen LogP contribution is 2.48. The molecule has 1 aliphatic carbocycles. The van der Waals surface area contributed by atoms with E-state index in [0.717, 1.165) is 12.3 Å². The van der Waals surface area contributed by atoms with Gasteiger partial charge in [-0.3, -0.25) is 0 Å². The van der Waals surface area contributed by atoms with Crippen LogP contribution in [0.2, 0.25) is 0 Å². The normalized spacial score (nSPS) is 24.2. The maximum Gasteiger partial charge on any atom is 0.119 e. The van der Waals surface area contributed by atoms with Crippen molar-refractivity contribution in [2.75, 3.05) is 7.11 Å². The van der Waals surface area contributed by atoms with Gasteiger partial charge in [0.05, 0.1) is 12.5 Å². The standard InChI is InChI=1S/C17H20N2O/c1-20-14-6-5-13-4-2-7-17(15(13)12-14)8-3-10-19-11-9-18-16(17)19/h5-6,9,11-12H,2-4,7-8,10H2,1H3. The fourth-order valence-corrected chi connectivity index (χ4v) is 4.12. The second-order valence-electron chi connectivity index (χ2n) is 6.01. The zero-order chi connectivity index (χ0) is 13.6. The third-order valence-electron chi connectivity index (χ3n) is 5.03. The molecule has 0 amide bonds. The van der Waals surface area contributed by atoms with Gasteiger partial charge in [-0.05, 0) is 55.4 Å². The van der Waals surface area contributed by atoms with E-state index < -0.39 is 0 Å². The highest BCUT2D eigenvalue weighted by Gasteiger charge is 2.43. The summed E-state index contributed by atoms with van der Waals surface area (Å²) >= 11 is 0. The largest absolute Gasteiger partial charge is 0.497 e. The molecule has 104 valence electrons. The number of hydrogen-bond donors (Lipinski definition) is 0. The van der Waals surface area contributed by atoms with Crippen LogP contribution < -0.4 is 4.74 Å². The summed E-state index contributed by atoms with van der Waals surface area (Å²) in [5, 5.41) is 0. The van der Waals surface area contributed by atoms with Crippen LogP contribution in [0.15, 0.2) is 30.6 Å². The lowest BCUT2D eigenvalue weighted by molar-refractivity contribution is 0.308. The molecule has 1 aromatic carbocycles. The maximum atomic E-state index is 5.46. The van der Waals surface area contributed by atoms with Crippen LogP contribution in [0.5, 0.6) is 5.75 Å². The Hall–Kier alpha value is -1.77. The third kappa shape index (κ3) is 1.55. The highest BCUT2D eigenvalue weighted by atomic mass is 16.5. The first-order valence-electron chi connectivity index (χ1n) is 7.52. The van der Waals surface area contributed by atoms with Crippen LogP contribution in [0.4, 0.5) is 0 Å². The number of fused-ring (bicyclic) bond motifs is 4. The Labute approximate surface area is 119 Å². The summed E-state index contributed by atoms with van der Waals surface area (Å²) in [7, 11) is 1.75. The van der Waals surface area contributed by atoms with E-state index in [1.165, 1.54) is 49.1 Å². The molecule has 3 heteroatoms. The van der Waals surface area contributed by atoms with Gasteiger partial charge < -0.3 is 9.30 Å². The molecule has 1 aliphatic heterocycles. The molecule has 1 spiro atoms. The molecular weight excluding hydrogens is 248 g/mol. The average Bonchev–Trinajstić information content (AvgIpc) is 2.97. The Morgan fingerprint density at radius 3 is 3.05 bits per heavy atom. The van der Waals surface area contributed by atoms with Gasteiger partial charge in [0, 0.05) is 18.9 Å². The van der Waals surface area contributed by atoms with Gasteiger partial charge in [0.2, 0.25) is 0 Å². The Morgan fingerprint density at radius 2 is 2.15 bits per heavy atom. The van der Waals surface area contributed by atoms with E-state index in [-0.39, 0.29) is 5.41 Å². The van der Waals surface area contributed by atoms with Crippen molar-refractivity contribution in [1.29, 1.82) is 0 Å². The number of rotatable bonds is 1. The predicted molar refractivity (Wildman–Crippen MR) is 78.2 cm³/mol. The van der Waals surface area contributed by atoms with E-state index in [2.05, 4.69) is 29.0 Å². The molecule has 0 saturated carbocycles. The molecule has 0 N–H and O–H groups in total. The van der Waals surface area contributed by atoms with E-state index in [1.54, 1.807) is 7.11 Å². The minimum absolute atomic E-state index is 0.115. The van der Waals surface area contributed by atoms with Crippen molar-refractivity contribution in [1.82, 2.24) is 9.55 Å². The minimum atomic E-state index is 0.115. The zero-order valence-corrected chi connectivity index (χ0v) is 11.9. The molecule has 0 saturated heterocycles. The average molecular weight is 268 g/mol. The Bertz CT molecular complexity index is 642. The Balaban J connectivity index is 1.94. The van der Waals surface area contributed by atoms with Crippen LogP contribution in [-0.2, 0) is 18.4 Å². The number of nitrogens with zero attached hydrogens (tertiary/aromatic N) is 2. The first-order valence-corrected chi connectivity index (χ1v) is 7.52. The summed E-state index contributed by atoms with van der Waals surface area (Å²) in [6.07, 6.45) is 10.2. The second-order valence-corrected chi connectivity index (χ2v) is 6.01. The molecule has 3 nitrogen and oxygen atoms in total. The van der Waals surface area contributed by atoms with Crippen LogP contribution >= 0.6 is 0 Å². The number of methoxy groups -OCH3 is 1. The molecule has 4 rings (SSSR count). The van der Waals surface area contributed by atoms with Crippen molar-refractivity contribution in [2.24, 2.45) is 0 Å². The van der Waals surface area contributed by atoms with E-state index in [9.17, 15) is 0 Å². The zero-order valence-electron chi connectivity index (χ0n) is 11.9. The van der Waals surface area contributed by atoms with Gasteiger partial charge in [-0.15, -0.1) is 0 Å². The molecule has 0 bridgehead atoms. The second kappa shape index (κ2) is 4.37. The van der Waals surface area contributed by atoms with Crippen LogP contribution in [0, 0.1) is 0 Å². The quantitative estimate of drug-likeness (QED) is 0.793. The van der Waals surface area contributed by atoms with Crippen molar-refractivity contribution in [2.45, 2.75) is 44.1 Å². The van der Waals surface area contributed by atoms with Crippen molar-refractivity contribution in [3.05, 3.63) is 47.5 Å². The van der Waals surface area contributed by atoms with Crippen LogP contribution in [0.1, 0.15) is 42.6 Å². The summed E-state index contributed by atoms with van der Waals surface area (Å²) in [5.74, 6) is 2.23. The Morgan fingerprint density at radius 1 is 1.25 bits per heavy atom. The lowest BCUT2D eigenvalue weighted by Gasteiger charge is -2.42. The topological polar surface area (TPSA) is 27.1 Å². The smallest absolute Gasteiger partial charge is 0.119 e. The van der Waals surface area contributed by atoms with E-state index >= 15 is 0 Å².